The number of rotatable bonds is 7. The van der Waals surface area contributed by atoms with Crippen LogP contribution in [0.1, 0.15) is 36.7 Å². The number of amides is 1. The normalized spacial score (nSPS) is 11.5. The van der Waals surface area contributed by atoms with Crippen LogP contribution in [0.5, 0.6) is 5.75 Å². The minimum Gasteiger partial charge on any atom is -0.382 e. The van der Waals surface area contributed by atoms with Crippen molar-refractivity contribution in [1.29, 1.82) is 0 Å². The van der Waals surface area contributed by atoms with Crippen LogP contribution in [-0.2, 0) is 16.7 Å². The lowest BCUT2D eigenvalue weighted by Crippen LogP contribution is -2.37. The first-order valence-corrected chi connectivity index (χ1v) is 10.4. The fourth-order valence-corrected chi connectivity index (χ4v) is 3.16. The maximum absolute atomic E-state index is 14.0. The molecular weight excluding hydrogens is 393 g/mol. The Morgan fingerprint density at radius 3 is 2.48 bits per heavy atom. The molecule has 0 radical (unpaired) electrons. The molecule has 5 nitrogen and oxygen atoms in total. The number of benzene rings is 2. The Morgan fingerprint density at radius 2 is 1.89 bits per heavy atom. The molecule has 0 saturated heterocycles. The lowest BCUT2D eigenvalue weighted by molar-refractivity contribution is 0.0685. The molecule has 2 rings (SSSR count). The Balaban J connectivity index is 2.41. The zero-order valence-electron chi connectivity index (χ0n) is 15.3. The molecule has 27 heavy (non-hydrogen) atoms. The highest BCUT2D eigenvalue weighted by molar-refractivity contribution is 7.87. The zero-order chi connectivity index (χ0) is 20.2. The van der Waals surface area contributed by atoms with E-state index in [0.717, 1.165) is 0 Å². The Hall–Kier alpha value is -2.12. The summed E-state index contributed by atoms with van der Waals surface area (Å²) >= 11 is 6.04. The van der Waals surface area contributed by atoms with Crippen LogP contribution in [0.25, 0.3) is 0 Å². The fraction of sp³-hybridized carbons (Fsp3) is 0.316. The summed E-state index contributed by atoms with van der Waals surface area (Å²) in [5.74, 6) is -1.23. The molecule has 0 atom stereocenters. The van der Waals surface area contributed by atoms with Gasteiger partial charge in [-0.2, -0.15) is 8.42 Å². The third-order valence-electron chi connectivity index (χ3n) is 3.92. The lowest BCUT2D eigenvalue weighted by Gasteiger charge is -2.28. The molecule has 0 fully saturated rings. The van der Waals surface area contributed by atoms with Crippen LogP contribution in [0.2, 0.25) is 5.02 Å². The number of hydrogen-bond acceptors (Lipinski definition) is 4. The van der Waals surface area contributed by atoms with Crippen molar-refractivity contribution < 1.29 is 21.8 Å². The predicted molar refractivity (Wildman–Crippen MR) is 103 cm³/mol. The van der Waals surface area contributed by atoms with Gasteiger partial charge < -0.3 is 9.08 Å². The summed E-state index contributed by atoms with van der Waals surface area (Å²) in [6.07, 6.45) is 0. The van der Waals surface area contributed by atoms with Crippen molar-refractivity contribution in [2.24, 2.45) is 0 Å². The van der Waals surface area contributed by atoms with Gasteiger partial charge in [0.15, 0.2) is 0 Å². The molecule has 0 aliphatic heterocycles. The average Bonchev–Trinajstić information content (AvgIpc) is 2.61. The molecule has 2 aromatic rings. The Kier molecular flexibility index (Phi) is 6.84. The molecule has 0 saturated carbocycles. The molecule has 0 unspecified atom stereocenters. The summed E-state index contributed by atoms with van der Waals surface area (Å²) < 4.78 is 42.9. The van der Waals surface area contributed by atoms with Gasteiger partial charge in [-0.3, -0.25) is 4.79 Å². The number of hydrogen-bond donors (Lipinski definition) is 0. The van der Waals surface area contributed by atoms with E-state index in [1.165, 1.54) is 48.2 Å². The molecule has 0 aliphatic rings. The van der Waals surface area contributed by atoms with Gasteiger partial charge in [0.1, 0.15) is 11.6 Å². The van der Waals surface area contributed by atoms with Gasteiger partial charge in [0.25, 0.3) is 5.91 Å². The van der Waals surface area contributed by atoms with E-state index in [0.29, 0.717) is 10.6 Å². The summed E-state index contributed by atoms with van der Waals surface area (Å²) in [5, 5.41) is 0.369. The summed E-state index contributed by atoms with van der Waals surface area (Å²) in [6.45, 7) is 5.05. The van der Waals surface area contributed by atoms with Crippen molar-refractivity contribution >= 4 is 27.6 Å². The van der Waals surface area contributed by atoms with Crippen molar-refractivity contribution in [3.63, 3.8) is 0 Å². The van der Waals surface area contributed by atoms with E-state index >= 15 is 0 Å². The standard InChI is InChI=1S/C19H21ClFNO4S/c1-4-27(24,25)26-18-10-9-15(20)11-14(18)12-22(13(2)3)19(23)16-7-5-6-8-17(16)21/h5-11,13H,4,12H2,1-3H3. The van der Waals surface area contributed by atoms with Crippen LogP contribution < -0.4 is 4.18 Å². The molecule has 8 heteroatoms. The zero-order valence-corrected chi connectivity index (χ0v) is 16.8. The first kappa shape index (κ1) is 21.2. The topological polar surface area (TPSA) is 63.7 Å². The molecular formula is C19H21ClFNO4S. The number of nitrogens with zero attached hydrogens (tertiary/aromatic N) is 1. The Morgan fingerprint density at radius 1 is 1.22 bits per heavy atom. The van der Waals surface area contributed by atoms with Crippen LogP contribution in [0.15, 0.2) is 42.5 Å². The highest BCUT2D eigenvalue weighted by atomic mass is 35.5. The number of carbonyl (C=O) groups excluding carboxylic acids is 1. The minimum atomic E-state index is -3.75. The monoisotopic (exact) mass is 413 g/mol. The van der Waals surface area contributed by atoms with Gasteiger partial charge in [-0.1, -0.05) is 23.7 Å². The lowest BCUT2D eigenvalue weighted by atomic mass is 10.1. The summed E-state index contributed by atoms with van der Waals surface area (Å²) in [4.78, 5) is 14.3. The predicted octanol–water partition coefficient (Wildman–Crippen LogP) is 4.26. The second-order valence-corrected chi connectivity index (χ2v) is 8.48. The van der Waals surface area contributed by atoms with Crippen molar-refractivity contribution in [3.05, 3.63) is 64.4 Å². The van der Waals surface area contributed by atoms with E-state index in [1.807, 2.05) is 0 Å². The maximum Gasteiger partial charge on any atom is 0.308 e. The van der Waals surface area contributed by atoms with Gasteiger partial charge in [-0.15, -0.1) is 0 Å². The van der Waals surface area contributed by atoms with Gasteiger partial charge in [0, 0.05) is 16.6 Å². The molecule has 1 amide bonds. The highest BCUT2D eigenvalue weighted by Crippen LogP contribution is 2.27. The van der Waals surface area contributed by atoms with Crippen molar-refractivity contribution in [1.82, 2.24) is 4.90 Å². The van der Waals surface area contributed by atoms with Crippen LogP contribution in [0, 0.1) is 5.82 Å². The van der Waals surface area contributed by atoms with E-state index in [4.69, 9.17) is 15.8 Å². The molecule has 0 N–H and O–H groups in total. The van der Waals surface area contributed by atoms with Crippen molar-refractivity contribution in [2.75, 3.05) is 5.75 Å². The van der Waals surface area contributed by atoms with Crippen molar-refractivity contribution in [2.45, 2.75) is 33.4 Å². The van der Waals surface area contributed by atoms with E-state index in [-0.39, 0.29) is 29.7 Å². The quantitative estimate of drug-likeness (QED) is 0.636. The van der Waals surface area contributed by atoms with Crippen molar-refractivity contribution in [3.8, 4) is 5.75 Å². The first-order valence-electron chi connectivity index (χ1n) is 8.40. The molecule has 0 heterocycles. The van der Waals surface area contributed by atoms with Gasteiger partial charge in [0.05, 0.1) is 17.9 Å². The van der Waals surface area contributed by atoms with Gasteiger partial charge in [-0.05, 0) is 51.1 Å². The van der Waals surface area contributed by atoms with E-state index in [9.17, 15) is 17.6 Å². The first-order chi connectivity index (χ1) is 12.6. The smallest absolute Gasteiger partial charge is 0.308 e. The fourth-order valence-electron chi connectivity index (χ4n) is 2.41. The van der Waals surface area contributed by atoms with E-state index in [2.05, 4.69) is 0 Å². The van der Waals surface area contributed by atoms with Crippen LogP contribution in [-0.4, -0.2) is 31.0 Å². The number of halogens is 2. The molecule has 2 aromatic carbocycles. The number of carbonyl (C=O) groups is 1. The molecule has 0 aromatic heterocycles. The summed E-state index contributed by atoms with van der Waals surface area (Å²) in [5.41, 5.74) is 0.356. The van der Waals surface area contributed by atoms with Crippen LogP contribution >= 0.6 is 11.6 Å². The molecule has 0 spiro atoms. The Bertz CT molecular complexity index is 931. The van der Waals surface area contributed by atoms with Gasteiger partial charge in [0.2, 0.25) is 0 Å². The van der Waals surface area contributed by atoms with Crippen LogP contribution in [0.3, 0.4) is 0 Å². The van der Waals surface area contributed by atoms with E-state index < -0.39 is 21.8 Å². The highest BCUT2D eigenvalue weighted by Gasteiger charge is 2.24. The minimum absolute atomic E-state index is 0.0139. The summed E-state index contributed by atoms with van der Waals surface area (Å²) in [7, 11) is -3.75. The van der Waals surface area contributed by atoms with Crippen LogP contribution in [0.4, 0.5) is 4.39 Å². The second kappa shape index (κ2) is 8.71. The van der Waals surface area contributed by atoms with Gasteiger partial charge in [-0.25, -0.2) is 4.39 Å². The SMILES string of the molecule is CCS(=O)(=O)Oc1ccc(Cl)cc1CN(C(=O)c1ccccc1F)C(C)C. The third kappa shape index (κ3) is 5.43. The van der Waals surface area contributed by atoms with Gasteiger partial charge >= 0.3 is 10.1 Å². The third-order valence-corrected chi connectivity index (χ3v) is 5.30. The maximum atomic E-state index is 14.0. The molecule has 0 aliphatic carbocycles. The average molecular weight is 414 g/mol. The molecule has 0 bridgehead atoms. The summed E-state index contributed by atoms with van der Waals surface area (Å²) in [6, 6.07) is 9.91. The Labute approximate surface area is 163 Å². The van der Waals surface area contributed by atoms with E-state index in [1.54, 1.807) is 19.9 Å². The largest absolute Gasteiger partial charge is 0.382 e. The second-order valence-electron chi connectivity index (χ2n) is 6.19. The molecule has 146 valence electrons.